The molecule has 4 rings (SSSR count). The van der Waals surface area contributed by atoms with Gasteiger partial charge in [-0.05, 0) is 30.7 Å². The minimum absolute atomic E-state index is 0.0681. The van der Waals surface area contributed by atoms with Crippen LogP contribution in [-0.4, -0.2) is 39.9 Å². The van der Waals surface area contributed by atoms with E-state index in [-0.39, 0.29) is 23.7 Å². The summed E-state index contributed by atoms with van der Waals surface area (Å²) in [5.74, 6) is 0.876. The fraction of sp³-hybridized carbons (Fsp3) is 0.273. The zero-order valence-corrected chi connectivity index (χ0v) is 16.3. The molecule has 2 aromatic carbocycles. The number of likely N-dealkylation sites (tertiary alicyclic amines) is 1. The molecule has 2 atom stereocenters. The van der Waals surface area contributed by atoms with Gasteiger partial charge in [0, 0.05) is 37.2 Å². The monoisotopic (exact) mass is 390 g/mol. The molecule has 29 heavy (non-hydrogen) atoms. The van der Waals surface area contributed by atoms with Crippen LogP contribution >= 0.6 is 0 Å². The topological polar surface area (TPSA) is 88.3 Å². The first-order valence-corrected chi connectivity index (χ1v) is 9.53. The molecule has 7 nitrogen and oxygen atoms in total. The first kappa shape index (κ1) is 18.9. The number of aryl methyl sites for hydroxylation is 1. The summed E-state index contributed by atoms with van der Waals surface area (Å²) in [6, 6.07) is 17.1. The van der Waals surface area contributed by atoms with Crippen molar-refractivity contribution >= 4 is 17.5 Å². The van der Waals surface area contributed by atoms with E-state index in [9.17, 15) is 9.59 Å². The Morgan fingerprint density at radius 2 is 1.83 bits per heavy atom. The summed E-state index contributed by atoms with van der Waals surface area (Å²) >= 11 is 0. The third-order valence-corrected chi connectivity index (χ3v) is 5.13. The van der Waals surface area contributed by atoms with Gasteiger partial charge in [0.2, 0.25) is 11.8 Å². The summed E-state index contributed by atoms with van der Waals surface area (Å²) in [4.78, 5) is 30.7. The van der Waals surface area contributed by atoms with Gasteiger partial charge in [-0.2, -0.15) is 4.98 Å². The van der Waals surface area contributed by atoms with E-state index in [4.69, 9.17) is 4.52 Å². The fourth-order valence-electron chi connectivity index (χ4n) is 3.84. The second kappa shape index (κ2) is 7.87. The lowest BCUT2D eigenvalue weighted by Gasteiger charge is -2.17. The summed E-state index contributed by atoms with van der Waals surface area (Å²) in [6.45, 7) is 4.27. The number of benzene rings is 2. The molecule has 0 unspecified atom stereocenters. The van der Waals surface area contributed by atoms with Gasteiger partial charge in [0.1, 0.15) is 0 Å². The van der Waals surface area contributed by atoms with E-state index in [0.717, 1.165) is 5.56 Å². The number of carbonyl (C=O) groups excluding carboxylic acids is 2. The van der Waals surface area contributed by atoms with Crippen molar-refractivity contribution in [3.63, 3.8) is 0 Å². The van der Waals surface area contributed by atoms with Crippen LogP contribution < -0.4 is 5.32 Å². The highest BCUT2D eigenvalue weighted by molar-refractivity contribution is 5.97. The average Bonchev–Trinajstić information content (AvgIpc) is 3.34. The molecule has 1 saturated heterocycles. The van der Waals surface area contributed by atoms with Gasteiger partial charge in [-0.1, -0.05) is 41.6 Å². The molecular weight excluding hydrogens is 368 g/mol. The van der Waals surface area contributed by atoms with Crippen LogP contribution in [0.2, 0.25) is 0 Å². The van der Waals surface area contributed by atoms with E-state index in [1.807, 2.05) is 23.1 Å². The van der Waals surface area contributed by atoms with Gasteiger partial charge in [0.25, 0.3) is 5.91 Å². The Morgan fingerprint density at radius 1 is 1.07 bits per heavy atom. The van der Waals surface area contributed by atoms with Gasteiger partial charge < -0.3 is 14.7 Å². The van der Waals surface area contributed by atoms with E-state index in [1.165, 1.54) is 6.92 Å². The molecule has 1 fully saturated rings. The zero-order chi connectivity index (χ0) is 20.4. The van der Waals surface area contributed by atoms with Gasteiger partial charge in [0.05, 0.1) is 5.92 Å². The molecule has 1 aliphatic heterocycles. The molecule has 3 aromatic rings. The van der Waals surface area contributed by atoms with Crippen molar-refractivity contribution in [3.8, 4) is 0 Å². The Kier molecular flexibility index (Phi) is 5.12. The minimum atomic E-state index is -0.174. The average molecular weight is 390 g/mol. The maximum atomic E-state index is 13.2. The van der Waals surface area contributed by atoms with E-state index in [0.29, 0.717) is 36.1 Å². The van der Waals surface area contributed by atoms with Crippen molar-refractivity contribution < 1.29 is 14.1 Å². The summed E-state index contributed by atoms with van der Waals surface area (Å²) in [5.41, 5.74) is 2.27. The third kappa shape index (κ3) is 4.03. The molecule has 2 heterocycles. The lowest BCUT2D eigenvalue weighted by molar-refractivity contribution is -0.114. The molecule has 0 radical (unpaired) electrons. The van der Waals surface area contributed by atoms with Crippen LogP contribution in [0.25, 0.3) is 0 Å². The van der Waals surface area contributed by atoms with Crippen molar-refractivity contribution in [2.24, 2.45) is 0 Å². The van der Waals surface area contributed by atoms with Gasteiger partial charge in [-0.25, -0.2) is 0 Å². The number of amides is 2. The first-order chi connectivity index (χ1) is 14.0. The van der Waals surface area contributed by atoms with Crippen molar-refractivity contribution in [2.45, 2.75) is 25.7 Å². The van der Waals surface area contributed by atoms with Crippen molar-refractivity contribution in [2.75, 3.05) is 18.4 Å². The third-order valence-electron chi connectivity index (χ3n) is 5.13. The quantitative estimate of drug-likeness (QED) is 0.738. The van der Waals surface area contributed by atoms with Crippen molar-refractivity contribution in [1.29, 1.82) is 0 Å². The van der Waals surface area contributed by atoms with Crippen molar-refractivity contribution in [3.05, 3.63) is 77.4 Å². The standard InChI is InChI=1S/C22H22N4O3/c1-14-23-21(29-25-14)20-13-26(12-19(20)16-7-4-3-5-8-16)22(28)17-9-6-10-18(11-17)24-15(2)27/h3-11,19-20H,12-13H2,1-2H3,(H,24,27)/t19-,20-/m0/s1. The lowest BCUT2D eigenvalue weighted by Crippen LogP contribution is -2.29. The number of nitrogens with zero attached hydrogens (tertiary/aromatic N) is 3. The van der Waals surface area contributed by atoms with Crippen LogP contribution in [0.3, 0.4) is 0 Å². The molecular formula is C22H22N4O3. The van der Waals surface area contributed by atoms with E-state index in [2.05, 4.69) is 27.6 Å². The van der Waals surface area contributed by atoms with Crippen LogP contribution in [0.1, 0.15) is 46.4 Å². The molecule has 1 aromatic heterocycles. The number of rotatable bonds is 4. The van der Waals surface area contributed by atoms with Crippen LogP contribution in [0.15, 0.2) is 59.1 Å². The van der Waals surface area contributed by atoms with Crippen LogP contribution in [0, 0.1) is 6.92 Å². The van der Waals surface area contributed by atoms with E-state index >= 15 is 0 Å². The van der Waals surface area contributed by atoms with Crippen LogP contribution in [0.4, 0.5) is 5.69 Å². The molecule has 0 saturated carbocycles. The minimum Gasteiger partial charge on any atom is -0.339 e. The summed E-state index contributed by atoms with van der Waals surface area (Å²) in [5, 5.41) is 6.65. The highest BCUT2D eigenvalue weighted by Gasteiger charge is 2.40. The summed E-state index contributed by atoms with van der Waals surface area (Å²) in [7, 11) is 0. The number of hydrogen-bond donors (Lipinski definition) is 1. The Hall–Kier alpha value is -3.48. The highest BCUT2D eigenvalue weighted by atomic mass is 16.5. The van der Waals surface area contributed by atoms with Gasteiger partial charge in [-0.3, -0.25) is 9.59 Å². The first-order valence-electron chi connectivity index (χ1n) is 9.53. The molecule has 7 heteroatoms. The van der Waals surface area contributed by atoms with Gasteiger partial charge >= 0.3 is 0 Å². The Bertz CT molecular complexity index is 1030. The smallest absolute Gasteiger partial charge is 0.253 e. The second-order valence-corrected chi connectivity index (χ2v) is 7.28. The molecule has 0 spiro atoms. The number of hydrogen-bond acceptors (Lipinski definition) is 5. The highest BCUT2D eigenvalue weighted by Crippen LogP contribution is 2.39. The molecule has 148 valence electrons. The largest absolute Gasteiger partial charge is 0.339 e. The second-order valence-electron chi connectivity index (χ2n) is 7.28. The Balaban J connectivity index is 1.62. The number of anilines is 1. The molecule has 2 amide bonds. The maximum absolute atomic E-state index is 13.2. The maximum Gasteiger partial charge on any atom is 0.253 e. The number of aromatic nitrogens is 2. The predicted molar refractivity (Wildman–Crippen MR) is 108 cm³/mol. The number of nitrogens with one attached hydrogen (secondary N) is 1. The lowest BCUT2D eigenvalue weighted by atomic mass is 9.89. The Labute approximate surface area is 168 Å². The zero-order valence-electron chi connectivity index (χ0n) is 16.3. The molecule has 1 N–H and O–H groups in total. The Morgan fingerprint density at radius 3 is 2.52 bits per heavy atom. The van der Waals surface area contributed by atoms with Crippen LogP contribution in [0.5, 0.6) is 0 Å². The SMILES string of the molecule is CC(=O)Nc1cccc(C(=O)N2C[C@H](c3nc(C)no3)[C@H](c3ccccc3)C2)c1. The van der Waals surface area contributed by atoms with Crippen molar-refractivity contribution in [1.82, 2.24) is 15.0 Å². The van der Waals surface area contributed by atoms with Crippen LogP contribution in [-0.2, 0) is 4.79 Å². The fourth-order valence-corrected chi connectivity index (χ4v) is 3.84. The van der Waals surface area contributed by atoms with Gasteiger partial charge in [-0.15, -0.1) is 0 Å². The van der Waals surface area contributed by atoms with E-state index in [1.54, 1.807) is 31.2 Å². The summed E-state index contributed by atoms with van der Waals surface area (Å²) < 4.78 is 5.45. The number of carbonyl (C=O) groups is 2. The van der Waals surface area contributed by atoms with Gasteiger partial charge in [0.15, 0.2) is 5.82 Å². The molecule has 0 aliphatic carbocycles. The predicted octanol–water partition coefficient (Wildman–Crippen LogP) is 3.36. The normalized spacial score (nSPS) is 18.6. The molecule has 0 bridgehead atoms. The summed E-state index contributed by atoms with van der Waals surface area (Å²) in [6.07, 6.45) is 0. The van der Waals surface area contributed by atoms with E-state index < -0.39 is 0 Å². The molecule has 1 aliphatic rings.